The Hall–Kier alpha value is -1.49. The second-order valence-electron chi connectivity index (χ2n) is 4.38. The smallest absolute Gasteiger partial charge is 0.220 e. The molecule has 0 fully saturated rings. The van der Waals surface area contributed by atoms with E-state index >= 15 is 0 Å². The van der Waals surface area contributed by atoms with Gasteiger partial charge in [0, 0.05) is 12.6 Å². The molecule has 18 heavy (non-hydrogen) atoms. The highest BCUT2D eigenvalue weighted by molar-refractivity contribution is 5.75. The summed E-state index contributed by atoms with van der Waals surface area (Å²) in [5, 5.41) is 2.84. The molecule has 0 unspecified atom stereocenters. The molecule has 0 atom stereocenters. The highest BCUT2D eigenvalue weighted by Crippen LogP contribution is 2.02. The van der Waals surface area contributed by atoms with Crippen molar-refractivity contribution in [2.24, 2.45) is 5.73 Å². The molecule has 0 radical (unpaired) electrons. The second-order valence-corrected chi connectivity index (χ2v) is 4.38. The fourth-order valence-electron chi connectivity index (χ4n) is 1.57. The van der Waals surface area contributed by atoms with Gasteiger partial charge in [-0.2, -0.15) is 0 Å². The average molecular weight is 250 g/mol. The van der Waals surface area contributed by atoms with Crippen molar-refractivity contribution in [1.29, 1.82) is 0 Å². The van der Waals surface area contributed by atoms with Crippen LogP contribution in [-0.2, 0) is 11.3 Å². The molecule has 0 aliphatic carbocycles. The van der Waals surface area contributed by atoms with Gasteiger partial charge in [-0.25, -0.2) is 0 Å². The van der Waals surface area contributed by atoms with E-state index in [1.54, 1.807) is 12.4 Å². The lowest BCUT2D eigenvalue weighted by molar-refractivity contribution is -0.121. The fourth-order valence-corrected chi connectivity index (χ4v) is 1.57. The number of carbonyl (C=O) groups is 1. The molecular formula is C13H22N4O. The summed E-state index contributed by atoms with van der Waals surface area (Å²) in [6, 6.07) is 0. The van der Waals surface area contributed by atoms with Crippen LogP contribution < -0.4 is 11.1 Å². The van der Waals surface area contributed by atoms with Gasteiger partial charge in [0.1, 0.15) is 0 Å². The predicted octanol–water partition coefficient (Wildman–Crippen LogP) is 1.31. The van der Waals surface area contributed by atoms with Gasteiger partial charge in [-0.3, -0.25) is 14.8 Å². The van der Waals surface area contributed by atoms with Gasteiger partial charge < -0.3 is 11.1 Å². The van der Waals surface area contributed by atoms with Crippen LogP contribution in [-0.4, -0.2) is 22.4 Å². The zero-order valence-electron chi connectivity index (χ0n) is 11.0. The Balaban J connectivity index is 2.11. The summed E-state index contributed by atoms with van der Waals surface area (Å²) in [5.41, 5.74) is 7.07. The van der Waals surface area contributed by atoms with Crippen LogP contribution in [0.4, 0.5) is 0 Å². The zero-order valence-corrected chi connectivity index (χ0v) is 11.0. The number of carbonyl (C=O) groups excluding carboxylic acids is 1. The number of aryl methyl sites for hydroxylation is 1. The van der Waals surface area contributed by atoms with Crippen molar-refractivity contribution in [3.05, 3.63) is 23.8 Å². The summed E-state index contributed by atoms with van der Waals surface area (Å²) >= 11 is 0. The lowest BCUT2D eigenvalue weighted by atomic mass is 10.1. The molecule has 0 aromatic carbocycles. The van der Waals surface area contributed by atoms with Crippen LogP contribution in [0.15, 0.2) is 12.4 Å². The number of rotatable bonds is 8. The van der Waals surface area contributed by atoms with E-state index in [1.165, 1.54) is 0 Å². The number of hydrogen-bond acceptors (Lipinski definition) is 4. The van der Waals surface area contributed by atoms with Gasteiger partial charge in [0.15, 0.2) is 0 Å². The van der Waals surface area contributed by atoms with Crippen LogP contribution in [0.25, 0.3) is 0 Å². The van der Waals surface area contributed by atoms with Crippen molar-refractivity contribution >= 4 is 5.91 Å². The van der Waals surface area contributed by atoms with Crippen molar-refractivity contribution in [2.75, 3.05) is 6.54 Å². The highest BCUT2D eigenvalue weighted by atomic mass is 16.1. The zero-order chi connectivity index (χ0) is 13.2. The summed E-state index contributed by atoms with van der Waals surface area (Å²) in [6.07, 6.45) is 8.10. The summed E-state index contributed by atoms with van der Waals surface area (Å²) in [7, 11) is 0. The summed E-state index contributed by atoms with van der Waals surface area (Å²) in [6.45, 7) is 3.07. The fraction of sp³-hybridized carbons (Fsp3) is 0.615. The van der Waals surface area contributed by atoms with Crippen LogP contribution in [0.5, 0.6) is 0 Å². The highest BCUT2D eigenvalue weighted by Gasteiger charge is 2.02. The SMILES string of the molecule is Cc1cnc(CNC(=O)CCCCCCN)cn1. The largest absolute Gasteiger partial charge is 0.350 e. The van der Waals surface area contributed by atoms with Gasteiger partial charge in [-0.1, -0.05) is 12.8 Å². The van der Waals surface area contributed by atoms with E-state index in [2.05, 4.69) is 15.3 Å². The van der Waals surface area contributed by atoms with Crippen molar-refractivity contribution < 1.29 is 4.79 Å². The third-order valence-corrected chi connectivity index (χ3v) is 2.66. The number of unbranched alkanes of at least 4 members (excludes halogenated alkanes) is 3. The van der Waals surface area contributed by atoms with E-state index in [4.69, 9.17) is 5.73 Å². The van der Waals surface area contributed by atoms with Crippen molar-refractivity contribution in [3.63, 3.8) is 0 Å². The molecule has 0 spiro atoms. The molecule has 100 valence electrons. The van der Waals surface area contributed by atoms with Crippen molar-refractivity contribution in [3.8, 4) is 0 Å². The first kappa shape index (κ1) is 14.6. The quantitative estimate of drug-likeness (QED) is 0.682. The molecule has 0 bridgehead atoms. The number of nitrogens with two attached hydrogens (primary N) is 1. The Morgan fingerprint density at radius 3 is 2.67 bits per heavy atom. The molecule has 1 heterocycles. The molecule has 0 aliphatic rings. The molecule has 1 amide bonds. The summed E-state index contributed by atoms with van der Waals surface area (Å²) < 4.78 is 0. The summed E-state index contributed by atoms with van der Waals surface area (Å²) in [5.74, 6) is 0.0742. The topological polar surface area (TPSA) is 80.9 Å². The molecule has 1 rings (SSSR count). The minimum Gasteiger partial charge on any atom is -0.350 e. The maximum absolute atomic E-state index is 11.5. The van der Waals surface area contributed by atoms with Gasteiger partial charge in [0.2, 0.25) is 5.91 Å². The Morgan fingerprint density at radius 2 is 2.00 bits per heavy atom. The molecular weight excluding hydrogens is 228 g/mol. The molecule has 5 nitrogen and oxygen atoms in total. The maximum atomic E-state index is 11.5. The third-order valence-electron chi connectivity index (χ3n) is 2.66. The first-order valence-corrected chi connectivity index (χ1v) is 6.46. The van der Waals surface area contributed by atoms with Crippen LogP contribution in [0.3, 0.4) is 0 Å². The molecule has 1 aromatic rings. The Morgan fingerprint density at radius 1 is 1.22 bits per heavy atom. The lowest BCUT2D eigenvalue weighted by Crippen LogP contribution is -2.23. The van der Waals surface area contributed by atoms with Crippen LogP contribution in [0.2, 0.25) is 0 Å². The van der Waals surface area contributed by atoms with Gasteiger partial charge >= 0.3 is 0 Å². The van der Waals surface area contributed by atoms with Crippen molar-refractivity contribution in [2.45, 2.75) is 45.6 Å². The Bertz CT molecular complexity index is 351. The maximum Gasteiger partial charge on any atom is 0.220 e. The molecule has 3 N–H and O–H groups in total. The molecule has 0 saturated heterocycles. The second kappa shape index (κ2) is 8.58. The van der Waals surface area contributed by atoms with E-state index in [1.807, 2.05) is 6.92 Å². The first-order valence-electron chi connectivity index (χ1n) is 6.46. The standard InChI is InChI=1S/C13H22N4O/c1-11-8-16-12(9-15-11)10-17-13(18)6-4-2-3-5-7-14/h8-9H,2-7,10,14H2,1H3,(H,17,18). The minimum atomic E-state index is 0.0742. The van der Waals surface area contributed by atoms with E-state index in [-0.39, 0.29) is 5.91 Å². The molecule has 0 aliphatic heterocycles. The minimum absolute atomic E-state index is 0.0742. The van der Waals surface area contributed by atoms with Crippen molar-refractivity contribution in [1.82, 2.24) is 15.3 Å². The number of nitrogens with one attached hydrogen (secondary N) is 1. The van der Waals surface area contributed by atoms with Crippen LogP contribution >= 0.6 is 0 Å². The number of amides is 1. The predicted molar refractivity (Wildman–Crippen MR) is 70.8 cm³/mol. The molecule has 5 heteroatoms. The number of nitrogens with zero attached hydrogens (tertiary/aromatic N) is 2. The number of aromatic nitrogens is 2. The van der Waals surface area contributed by atoms with Gasteiger partial charge in [-0.05, 0) is 26.3 Å². The normalized spacial score (nSPS) is 10.3. The summed E-state index contributed by atoms with van der Waals surface area (Å²) in [4.78, 5) is 19.8. The van der Waals surface area contributed by atoms with E-state index in [0.29, 0.717) is 13.0 Å². The monoisotopic (exact) mass is 250 g/mol. The lowest BCUT2D eigenvalue weighted by Gasteiger charge is -2.04. The Labute approximate surface area is 108 Å². The number of hydrogen-bond donors (Lipinski definition) is 2. The van der Waals surface area contributed by atoms with Crippen LogP contribution in [0, 0.1) is 6.92 Å². The Kier molecular flexibility index (Phi) is 6.94. The van der Waals surface area contributed by atoms with Gasteiger partial charge in [0.25, 0.3) is 0 Å². The van der Waals surface area contributed by atoms with E-state index in [0.717, 1.165) is 43.6 Å². The average Bonchev–Trinajstić information content (AvgIpc) is 2.38. The van der Waals surface area contributed by atoms with Gasteiger partial charge in [-0.15, -0.1) is 0 Å². The van der Waals surface area contributed by atoms with Gasteiger partial charge in [0.05, 0.1) is 24.1 Å². The van der Waals surface area contributed by atoms with E-state index in [9.17, 15) is 4.79 Å². The molecule has 0 saturated carbocycles. The van der Waals surface area contributed by atoms with Crippen LogP contribution in [0.1, 0.15) is 43.5 Å². The molecule has 1 aromatic heterocycles. The van der Waals surface area contributed by atoms with E-state index < -0.39 is 0 Å². The first-order chi connectivity index (χ1) is 8.72. The third kappa shape index (κ3) is 6.30.